The number of amides is 5. The van der Waals surface area contributed by atoms with Gasteiger partial charge in [0.1, 0.15) is 24.2 Å². The molecule has 0 bridgehead atoms. The lowest BCUT2D eigenvalue weighted by Crippen LogP contribution is -2.57. The Morgan fingerprint density at radius 2 is 1.46 bits per heavy atom. The molecular weight excluding hydrogens is 618 g/mol. The Labute approximate surface area is 273 Å². The summed E-state index contributed by atoms with van der Waals surface area (Å²) in [5.41, 5.74) is 17.5. The Morgan fingerprint density at radius 1 is 0.848 bits per heavy atom. The molecule has 0 saturated carbocycles. The zero-order chi connectivity index (χ0) is 34.8. The van der Waals surface area contributed by atoms with E-state index in [9.17, 15) is 33.9 Å². The van der Waals surface area contributed by atoms with Gasteiger partial charge in [-0.25, -0.2) is 4.79 Å². The van der Waals surface area contributed by atoms with Gasteiger partial charge in [-0.3, -0.25) is 29.0 Å². The standard InChI is InChI=1S/C29H47N9O7S/c1-16(2)12-21(28(44)45)37-26(42)20(10-7-11-33-29(31)32)36-23(39)14-34-24(40)17(3)35-27(43)22(15-46)38-25(41)19(30)13-18-8-5-4-6-9-18/h4-6,8-9,16-17,19-22,46H,7,10-15,30H2,1-3H3,(H,34,40)(H,35,43)(H,36,39)(H,37,42)(H,38,41)(H,44,45)(H4,31,32,33)/t17-,19-,20-,21-,22-/m0/s1. The molecule has 0 saturated heterocycles. The summed E-state index contributed by atoms with van der Waals surface area (Å²) < 4.78 is 0. The van der Waals surface area contributed by atoms with E-state index in [4.69, 9.17) is 17.2 Å². The Balaban J connectivity index is 2.71. The largest absolute Gasteiger partial charge is 0.480 e. The third-order valence-electron chi connectivity index (χ3n) is 6.54. The highest BCUT2D eigenvalue weighted by Gasteiger charge is 2.28. The molecule has 1 aromatic rings. The molecule has 5 atom stereocenters. The fraction of sp³-hybridized carbons (Fsp3) is 0.552. The van der Waals surface area contributed by atoms with Gasteiger partial charge < -0.3 is 48.9 Å². The van der Waals surface area contributed by atoms with E-state index in [1.165, 1.54) is 6.92 Å². The molecule has 0 aliphatic heterocycles. The smallest absolute Gasteiger partial charge is 0.326 e. The molecule has 0 unspecified atom stereocenters. The van der Waals surface area contributed by atoms with Gasteiger partial charge in [-0.2, -0.15) is 12.6 Å². The van der Waals surface area contributed by atoms with Gasteiger partial charge in [-0.05, 0) is 44.1 Å². The Kier molecular flexibility index (Phi) is 17.8. The number of thiol groups is 1. The predicted molar refractivity (Wildman–Crippen MR) is 175 cm³/mol. The second-order valence-electron chi connectivity index (χ2n) is 11.1. The van der Waals surface area contributed by atoms with E-state index in [1.54, 1.807) is 13.8 Å². The molecule has 1 rings (SSSR count). The van der Waals surface area contributed by atoms with Crippen molar-refractivity contribution in [3.05, 3.63) is 35.9 Å². The first-order valence-corrected chi connectivity index (χ1v) is 15.4. The molecule has 0 aliphatic carbocycles. The first-order valence-electron chi connectivity index (χ1n) is 14.8. The number of nitrogens with zero attached hydrogens (tertiary/aromatic N) is 1. The van der Waals surface area contributed by atoms with E-state index in [-0.39, 0.29) is 49.9 Å². The number of hydrogen-bond acceptors (Lipinski definition) is 9. The molecule has 0 radical (unpaired) electrons. The van der Waals surface area contributed by atoms with Crippen LogP contribution in [0.1, 0.15) is 45.6 Å². The average molecular weight is 666 g/mol. The van der Waals surface area contributed by atoms with Crippen LogP contribution >= 0.6 is 12.6 Å². The summed E-state index contributed by atoms with van der Waals surface area (Å²) in [6.45, 7) is 4.60. The van der Waals surface area contributed by atoms with E-state index < -0.39 is 72.3 Å². The van der Waals surface area contributed by atoms with Crippen LogP contribution in [0, 0.1) is 5.92 Å². The topological polar surface area (TPSA) is 273 Å². The monoisotopic (exact) mass is 665 g/mol. The predicted octanol–water partition coefficient (Wildman–Crippen LogP) is -2.25. The van der Waals surface area contributed by atoms with Crippen molar-refractivity contribution in [3.8, 4) is 0 Å². The zero-order valence-corrected chi connectivity index (χ0v) is 27.2. The summed E-state index contributed by atoms with van der Waals surface area (Å²) in [7, 11) is 0. The second-order valence-corrected chi connectivity index (χ2v) is 11.5. The van der Waals surface area contributed by atoms with Crippen molar-refractivity contribution >= 4 is 54.1 Å². The number of carboxylic acid groups (broad SMARTS) is 1. The lowest BCUT2D eigenvalue weighted by atomic mass is 10.0. The van der Waals surface area contributed by atoms with Crippen molar-refractivity contribution < 1.29 is 33.9 Å². The van der Waals surface area contributed by atoms with Crippen LogP contribution in [0.5, 0.6) is 0 Å². The Hall–Kier alpha value is -4.38. The first-order chi connectivity index (χ1) is 21.6. The summed E-state index contributed by atoms with van der Waals surface area (Å²) in [5.74, 6) is -4.89. The van der Waals surface area contributed by atoms with E-state index in [0.717, 1.165) is 5.56 Å². The molecule has 256 valence electrons. The number of benzene rings is 1. The molecular formula is C29H47N9O7S. The van der Waals surface area contributed by atoms with Crippen molar-refractivity contribution in [2.24, 2.45) is 28.1 Å². The maximum absolute atomic E-state index is 12.9. The maximum atomic E-state index is 12.9. The number of rotatable bonds is 20. The number of aliphatic carboxylic acids is 1. The number of hydrogen-bond donors (Lipinski definition) is 10. The Bertz CT molecular complexity index is 1210. The van der Waals surface area contributed by atoms with Crippen molar-refractivity contribution in [1.82, 2.24) is 26.6 Å². The lowest BCUT2D eigenvalue weighted by molar-refractivity contribution is -0.142. The molecule has 1 aromatic carbocycles. The maximum Gasteiger partial charge on any atom is 0.326 e. The summed E-state index contributed by atoms with van der Waals surface area (Å²) >= 11 is 4.12. The fourth-order valence-corrected chi connectivity index (χ4v) is 4.37. The molecule has 16 nitrogen and oxygen atoms in total. The summed E-state index contributed by atoms with van der Waals surface area (Å²) in [5, 5.41) is 21.8. The van der Waals surface area contributed by atoms with Gasteiger partial charge in [0.05, 0.1) is 12.6 Å². The SMILES string of the molecule is CC(C)C[C@H](NC(=O)[C@H](CCCN=C(N)N)NC(=O)CNC(=O)[C@H](C)NC(=O)[C@H](CS)NC(=O)[C@@H](N)Cc1ccccc1)C(=O)O. The van der Waals surface area contributed by atoms with E-state index in [0.29, 0.717) is 0 Å². The fourth-order valence-electron chi connectivity index (χ4n) is 4.12. The number of carbonyl (C=O) groups excluding carboxylic acids is 5. The molecule has 0 spiro atoms. The quantitative estimate of drug-likeness (QED) is 0.0309. The van der Waals surface area contributed by atoms with Gasteiger partial charge in [-0.15, -0.1) is 0 Å². The number of guanidine groups is 1. The van der Waals surface area contributed by atoms with Crippen molar-refractivity contribution in [3.63, 3.8) is 0 Å². The molecule has 0 aromatic heterocycles. The highest BCUT2D eigenvalue weighted by atomic mass is 32.1. The Morgan fingerprint density at radius 3 is 2.02 bits per heavy atom. The van der Waals surface area contributed by atoms with Gasteiger partial charge in [0.2, 0.25) is 29.5 Å². The van der Waals surface area contributed by atoms with Gasteiger partial charge in [-0.1, -0.05) is 44.2 Å². The minimum absolute atomic E-state index is 0.0227. The zero-order valence-electron chi connectivity index (χ0n) is 26.3. The normalized spacial score (nSPS) is 14.0. The van der Waals surface area contributed by atoms with Crippen LogP contribution in [0.4, 0.5) is 0 Å². The summed E-state index contributed by atoms with van der Waals surface area (Å²) in [6, 6.07) is 3.70. The van der Waals surface area contributed by atoms with Crippen molar-refractivity contribution in [1.29, 1.82) is 0 Å². The van der Waals surface area contributed by atoms with E-state index in [2.05, 4.69) is 44.2 Å². The molecule has 0 heterocycles. The van der Waals surface area contributed by atoms with Crippen LogP contribution in [0.25, 0.3) is 0 Å². The van der Waals surface area contributed by atoms with E-state index >= 15 is 0 Å². The molecule has 5 amide bonds. The van der Waals surface area contributed by atoms with E-state index in [1.807, 2.05) is 30.3 Å². The van der Waals surface area contributed by atoms with Crippen molar-refractivity contribution in [2.45, 2.75) is 76.7 Å². The van der Waals surface area contributed by atoms with Crippen LogP contribution in [-0.2, 0) is 35.2 Å². The molecule has 12 N–H and O–H groups in total. The molecule has 17 heteroatoms. The van der Waals surface area contributed by atoms with Gasteiger partial charge >= 0.3 is 5.97 Å². The highest BCUT2D eigenvalue weighted by molar-refractivity contribution is 7.80. The highest BCUT2D eigenvalue weighted by Crippen LogP contribution is 2.07. The first kappa shape index (κ1) is 39.6. The third-order valence-corrected chi connectivity index (χ3v) is 6.91. The number of nitrogens with one attached hydrogen (secondary N) is 5. The second kappa shape index (κ2) is 20.6. The van der Waals surface area contributed by atoms with Crippen LogP contribution in [0.2, 0.25) is 0 Å². The van der Waals surface area contributed by atoms with Crippen LogP contribution in [0.3, 0.4) is 0 Å². The summed E-state index contributed by atoms with van der Waals surface area (Å²) in [6.07, 6.45) is 0.793. The minimum Gasteiger partial charge on any atom is -0.480 e. The van der Waals surface area contributed by atoms with Gasteiger partial charge in [0, 0.05) is 12.3 Å². The third kappa shape index (κ3) is 15.6. The number of aliphatic imine (C=N–C) groups is 1. The van der Waals surface area contributed by atoms with Crippen molar-refractivity contribution in [2.75, 3.05) is 18.8 Å². The molecule has 0 fully saturated rings. The number of carboxylic acids is 1. The average Bonchev–Trinajstić information content (AvgIpc) is 2.99. The molecule has 46 heavy (non-hydrogen) atoms. The number of nitrogens with two attached hydrogens (primary N) is 3. The van der Waals surface area contributed by atoms with Crippen LogP contribution in [0.15, 0.2) is 35.3 Å². The lowest BCUT2D eigenvalue weighted by Gasteiger charge is -2.23. The van der Waals surface area contributed by atoms with Gasteiger partial charge in [0.15, 0.2) is 5.96 Å². The minimum atomic E-state index is -1.22. The molecule has 0 aliphatic rings. The van der Waals surface area contributed by atoms with Crippen LogP contribution in [-0.4, -0.2) is 95.6 Å². The van der Waals surface area contributed by atoms with Gasteiger partial charge in [0.25, 0.3) is 0 Å². The van der Waals surface area contributed by atoms with Crippen LogP contribution < -0.4 is 43.8 Å². The summed E-state index contributed by atoms with van der Waals surface area (Å²) in [4.78, 5) is 79.0. The number of carbonyl (C=O) groups is 6.